The van der Waals surface area contributed by atoms with E-state index in [4.69, 9.17) is 0 Å². The predicted molar refractivity (Wildman–Crippen MR) is 53.8 cm³/mol. The van der Waals surface area contributed by atoms with E-state index in [0.29, 0.717) is 0 Å². The Kier molecular flexibility index (Phi) is 3.30. The van der Waals surface area contributed by atoms with Gasteiger partial charge >= 0.3 is 0 Å². The van der Waals surface area contributed by atoms with Gasteiger partial charge in [0.2, 0.25) is 0 Å². The Bertz CT molecular complexity index is 218. The molecule has 0 amide bonds. The minimum Gasteiger partial charge on any atom is -0.196 e. The first kappa shape index (κ1) is 8.97. The lowest BCUT2D eigenvalue weighted by Crippen LogP contribution is -1.89. The van der Waals surface area contributed by atoms with Gasteiger partial charge in [0.25, 0.3) is 0 Å². The molecule has 0 aliphatic carbocycles. The van der Waals surface area contributed by atoms with Gasteiger partial charge in [-0.05, 0) is 31.0 Å². The molecule has 0 spiro atoms. The number of hydrogen-bond donors (Lipinski definition) is 1. The lowest BCUT2D eigenvalue weighted by molar-refractivity contribution is 0.956. The Morgan fingerprint density at radius 1 is 1.27 bits per heavy atom. The summed E-state index contributed by atoms with van der Waals surface area (Å²) in [5.74, 6) is 0. The largest absolute Gasteiger partial charge is 0.196 e. The Morgan fingerprint density at radius 2 is 1.82 bits per heavy atom. The van der Waals surface area contributed by atoms with Gasteiger partial charge in [-0.3, -0.25) is 0 Å². The fourth-order valence-corrected chi connectivity index (χ4v) is 1.60. The van der Waals surface area contributed by atoms with Crippen LogP contribution in [0.5, 0.6) is 0 Å². The molecule has 1 rings (SSSR count). The summed E-state index contributed by atoms with van der Waals surface area (Å²) in [5.41, 5.74) is 1.29. The van der Waals surface area contributed by atoms with Crippen LogP contribution in [0, 0.1) is 6.92 Å². The molecule has 3 heteroatoms. The highest BCUT2D eigenvalue weighted by atomic mass is 32.2. The number of nitrogens with zero attached hydrogens (tertiary/aromatic N) is 1. The van der Waals surface area contributed by atoms with Crippen LogP contribution in [0.1, 0.15) is 5.56 Å². The third-order valence-electron chi connectivity index (χ3n) is 1.26. The van der Waals surface area contributed by atoms with E-state index in [9.17, 15) is 0 Å². The van der Waals surface area contributed by atoms with Crippen molar-refractivity contribution in [3.63, 3.8) is 0 Å². The van der Waals surface area contributed by atoms with Crippen LogP contribution in [0.3, 0.4) is 0 Å². The van der Waals surface area contributed by atoms with E-state index in [2.05, 4.69) is 44.0 Å². The number of aryl methyl sites for hydroxylation is 1. The van der Waals surface area contributed by atoms with Crippen LogP contribution in [-0.2, 0) is 0 Å². The molecule has 0 N–H and O–H groups in total. The quantitative estimate of drug-likeness (QED) is 0.557. The maximum Gasteiger partial charge on any atom is 0.0238 e. The molecule has 0 atom stereocenters. The standard InChI is InChI=1S/C8H11NS2/c1-7-3-5-8(6-4-7)11-9(2)10/h3-6,10H,1-2H3. The zero-order valence-electron chi connectivity index (χ0n) is 6.61. The molecule has 0 aliphatic rings. The topological polar surface area (TPSA) is 3.24 Å². The predicted octanol–water partition coefficient (Wildman–Crippen LogP) is 2.78. The van der Waals surface area contributed by atoms with Crippen molar-refractivity contribution in [2.45, 2.75) is 11.8 Å². The van der Waals surface area contributed by atoms with Crippen LogP contribution >= 0.6 is 24.8 Å². The fraction of sp³-hybridized carbons (Fsp3) is 0.250. The van der Waals surface area contributed by atoms with Crippen molar-refractivity contribution in [3.05, 3.63) is 29.8 Å². The molecule has 0 heterocycles. The van der Waals surface area contributed by atoms with E-state index in [1.54, 1.807) is 15.7 Å². The fourth-order valence-electron chi connectivity index (χ4n) is 0.752. The third-order valence-corrected chi connectivity index (χ3v) is 2.25. The van der Waals surface area contributed by atoms with Crippen molar-refractivity contribution >= 4 is 24.8 Å². The van der Waals surface area contributed by atoms with E-state index in [1.165, 1.54) is 10.5 Å². The summed E-state index contributed by atoms with van der Waals surface area (Å²) in [7, 11) is 1.91. The van der Waals surface area contributed by atoms with E-state index in [1.807, 2.05) is 7.05 Å². The minimum atomic E-state index is 1.22. The van der Waals surface area contributed by atoms with Gasteiger partial charge in [0.15, 0.2) is 0 Å². The molecule has 0 aromatic heterocycles. The molecule has 60 valence electrons. The Morgan fingerprint density at radius 3 is 2.27 bits per heavy atom. The number of thiol groups is 1. The van der Waals surface area contributed by atoms with E-state index in [-0.39, 0.29) is 0 Å². The molecule has 11 heavy (non-hydrogen) atoms. The van der Waals surface area contributed by atoms with E-state index >= 15 is 0 Å². The highest BCUT2D eigenvalue weighted by Crippen LogP contribution is 2.21. The highest BCUT2D eigenvalue weighted by Gasteiger charge is 1.94. The molecule has 1 aromatic rings. The Hall–Kier alpha value is -0.120. The average Bonchev–Trinajstić information content (AvgIpc) is 1.93. The SMILES string of the molecule is Cc1ccc(SN(C)S)cc1. The molecule has 1 aromatic carbocycles. The van der Waals surface area contributed by atoms with Gasteiger partial charge in [-0.15, -0.1) is 0 Å². The molecular formula is C8H11NS2. The summed E-state index contributed by atoms with van der Waals surface area (Å²) in [5, 5.41) is 0. The molecule has 0 aliphatic heterocycles. The molecular weight excluding hydrogens is 174 g/mol. The second kappa shape index (κ2) is 4.04. The first-order valence-electron chi connectivity index (χ1n) is 3.36. The summed E-state index contributed by atoms with van der Waals surface area (Å²) >= 11 is 5.74. The molecule has 0 fully saturated rings. The van der Waals surface area contributed by atoms with Crippen molar-refractivity contribution < 1.29 is 0 Å². The summed E-state index contributed by atoms with van der Waals surface area (Å²) < 4.78 is 1.78. The van der Waals surface area contributed by atoms with Crippen molar-refractivity contribution in [2.75, 3.05) is 7.05 Å². The lowest BCUT2D eigenvalue weighted by Gasteiger charge is -2.06. The first-order valence-corrected chi connectivity index (χ1v) is 4.53. The van der Waals surface area contributed by atoms with Gasteiger partial charge < -0.3 is 0 Å². The van der Waals surface area contributed by atoms with E-state index < -0.39 is 0 Å². The molecule has 0 saturated carbocycles. The van der Waals surface area contributed by atoms with Gasteiger partial charge in [0.05, 0.1) is 0 Å². The second-order valence-electron chi connectivity index (χ2n) is 2.37. The highest BCUT2D eigenvalue weighted by molar-refractivity contribution is 8.05. The van der Waals surface area contributed by atoms with Gasteiger partial charge in [0.1, 0.15) is 0 Å². The van der Waals surface area contributed by atoms with Gasteiger partial charge in [-0.2, -0.15) is 3.71 Å². The summed E-state index contributed by atoms with van der Waals surface area (Å²) in [6.07, 6.45) is 0. The van der Waals surface area contributed by atoms with Crippen molar-refractivity contribution in [2.24, 2.45) is 0 Å². The smallest absolute Gasteiger partial charge is 0.0238 e. The van der Waals surface area contributed by atoms with Crippen molar-refractivity contribution in [1.29, 1.82) is 0 Å². The number of benzene rings is 1. The van der Waals surface area contributed by atoms with Gasteiger partial charge in [0, 0.05) is 11.9 Å². The van der Waals surface area contributed by atoms with Crippen molar-refractivity contribution in [1.82, 2.24) is 3.71 Å². The molecule has 0 radical (unpaired) electrons. The third kappa shape index (κ3) is 3.18. The summed E-state index contributed by atoms with van der Waals surface area (Å²) in [6.45, 7) is 2.08. The van der Waals surface area contributed by atoms with Crippen LogP contribution in [-0.4, -0.2) is 10.8 Å². The lowest BCUT2D eigenvalue weighted by atomic mass is 10.2. The molecule has 0 unspecified atom stereocenters. The zero-order chi connectivity index (χ0) is 8.27. The first-order chi connectivity index (χ1) is 5.18. The number of rotatable bonds is 2. The Balaban J connectivity index is 2.66. The maximum absolute atomic E-state index is 4.13. The zero-order valence-corrected chi connectivity index (χ0v) is 8.32. The molecule has 1 nitrogen and oxygen atoms in total. The molecule has 0 bridgehead atoms. The summed E-state index contributed by atoms with van der Waals surface area (Å²) in [6, 6.07) is 8.37. The number of hydrogen-bond acceptors (Lipinski definition) is 3. The van der Waals surface area contributed by atoms with Crippen LogP contribution in [0.2, 0.25) is 0 Å². The monoisotopic (exact) mass is 185 g/mol. The second-order valence-corrected chi connectivity index (χ2v) is 4.44. The maximum atomic E-state index is 4.13. The molecule has 0 saturated heterocycles. The van der Waals surface area contributed by atoms with Gasteiger partial charge in [-0.25, -0.2) is 0 Å². The van der Waals surface area contributed by atoms with E-state index in [0.717, 1.165) is 0 Å². The normalized spacial score (nSPS) is 10.5. The van der Waals surface area contributed by atoms with Crippen LogP contribution < -0.4 is 0 Å². The van der Waals surface area contributed by atoms with Crippen LogP contribution in [0.4, 0.5) is 0 Å². The summed E-state index contributed by atoms with van der Waals surface area (Å²) in [4.78, 5) is 1.22. The van der Waals surface area contributed by atoms with Crippen LogP contribution in [0.15, 0.2) is 29.2 Å². The average molecular weight is 185 g/mol. The minimum absolute atomic E-state index is 1.22. The van der Waals surface area contributed by atoms with Gasteiger partial charge in [-0.1, -0.05) is 30.5 Å². The Labute approximate surface area is 77.5 Å². The van der Waals surface area contributed by atoms with Crippen molar-refractivity contribution in [3.8, 4) is 0 Å². The van der Waals surface area contributed by atoms with Crippen LogP contribution in [0.25, 0.3) is 0 Å².